The van der Waals surface area contributed by atoms with Crippen LogP contribution in [0.5, 0.6) is 0 Å². The van der Waals surface area contributed by atoms with Gasteiger partial charge in [-0.3, -0.25) is 4.90 Å². The first-order valence-electron chi connectivity index (χ1n) is 7.18. The highest BCUT2D eigenvalue weighted by Gasteiger charge is 2.34. The van der Waals surface area contributed by atoms with E-state index in [1.807, 2.05) is 6.07 Å². The summed E-state index contributed by atoms with van der Waals surface area (Å²) >= 11 is 0. The molecule has 0 amide bonds. The number of nitrogens with zero attached hydrogens (tertiary/aromatic N) is 1. The summed E-state index contributed by atoms with van der Waals surface area (Å²) in [5.41, 5.74) is 2.40. The molecule has 2 rings (SSSR count). The zero-order chi connectivity index (χ0) is 13.8. The number of aliphatic hydroxyl groups excluding tert-OH is 1. The number of rotatable bonds is 5. The van der Waals surface area contributed by atoms with Crippen molar-refractivity contribution in [2.24, 2.45) is 0 Å². The van der Waals surface area contributed by atoms with Crippen LogP contribution in [0.3, 0.4) is 0 Å². The molecular formula is C16H25NO2. The number of aliphatic hydroxyl groups is 1. The SMILES string of the molecule is CCN(CCOC)C1CC(C)c2ccccc2C1O. The molecule has 3 unspecified atom stereocenters. The lowest BCUT2D eigenvalue weighted by molar-refractivity contribution is 0.0211. The molecule has 0 bridgehead atoms. The first-order valence-corrected chi connectivity index (χ1v) is 7.18. The maximum absolute atomic E-state index is 10.7. The van der Waals surface area contributed by atoms with E-state index < -0.39 is 0 Å². The second kappa shape index (κ2) is 6.51. The fourth-order valence-corrected chi connectivity index (χ4v) is 3.17. The molecule has 1 N–H and O–H groups in total. The van der Waals surface area contributed by atoms with Crippen LogP contribution in [0, 0.1) is 0 Å². The Labute approximate surface area is 116 Å². The zero-order valence-electron chi connectivity index (χ0n) is 12.2. The van der Waals surface area contributed by atoms with Crippen LogP contribution in [0.2, 0.25) is 0 Å². The van der Waals surface area contributed by atoms with Gasteiger partial charge in [-0.2, -0.15) is 0 Å². The summed E-state index contributed by atoms with van der Waals surface area (Å²) in [6, 6.07) is 8.48. The molecule has 106 valence electrons. The minimum Gasteiger partial charge on any atom is -0.387 e. The molecule has 3 atom stereocenters. The maximum Gasteiger partial charge on any atom is 0.0948 e. The molecule has 3 nitrogen and oxygen atoms in total. The maximum atomic E-state index is 10.7. The van der Waals surface area contributed by atoms with Gasteiger partial charge in [-0.25, -0.2) is 0 Å². The lowest BCUT2D eigenvalue weighted by Gasteiger charge is -2.40. The van der Waals surface area contributed by atoms with Gasteiger partial charge in [0.25, 0.3) is 0 Å². The van der Waals surface area contributed by atoms with E-state index in [1.165, 1.54) is 5.56 Å². The van der Waals surface area contributed by atoms with Crippen molar-refractivity contribution in [3.8, 4) is 0 Å². The molecule has 0 aromatic heterocycles. The molecule has 0 radical (unpaired) electrons. The zero-order valence-corrected chi connectivity index (χ0v) is 12.2. The standard InChI is InChI=1S/C16H25NO2/c1-4-17(9-10-19-3)15-11-12(2)13-7-5-6-8-14(13)16(15)18/h5-8,12,15-16,18H,4,9-11H2,1-3H3. The molecule has 3 heteroatoms. The van der Waals surface area contributed by atoms with Gasteiger partial charge in [-0.15, -0.1) is 0 Å². The van der Waals surface area contributed by atoms with Crippen LogP contribution in [-0.4, -0.2) is 42.9 Å². The highest BCUT2D eigenvalue weighted by Crippen LogP contribution is 2.39. The first-order chi connectivity index (χ1) is 9.19. The van der Waals surface area contributed by atoms with E-state index in [1.54, 1.807) is 7.11 Å². The average Bonchev–Trinajstić information content (AvgIpc) is 2.44. The predicted octanol–water partition coefficient (Wildman–Crippen LogP) is 2.56. The Balaban J connectivity index is 2.20. The fraction of sp³-hybridized carbons (Fsp3) is 0.625. The van der Waals surface area contributed by atoms with Gasteiger partial charge in [0.05, 0.1) is 12.7 Å². The summed E-state index contributed by atoms with van der Waals surface area (Å²) < 4.78 is 5.17. The van der Waals surface area contributed by atoms with Gasteiger partial charge in [-0.05, 0) is 30.0 Å². The van der Waals surface area contributed by atoms with Crippen LogP contribution in [0.15, 0.2) is 24.3 Å². The van der Waals surface area contributed by atoms with Crippen LogP contribution < -0.4 is 0 Å². The van der Waals surface area contributed by atoms with Crippen molar-refractivity contribution in [2.75, 3.05) is 26.8 Å². The Morgan fingerprint density at radius 2 is 2.00 bits per heavy atom. The van der Waals surface area contributed by atoms with Crippen molar-refractivity contribution in [3.63, 3.8) is 0 Å². The quantitative estimate of drug-likeness (QED) is 0.886. The molecule has 0 saturated carbocycles. The fourth-order valence-electron chi connectivity index (χ4n) is 3.17. The number of fused-ring (bicyclic) bond motifs is 1. The molecule has 0 heterocycles. The van der Waals surface area contributed by atoms with Gasteiger partial charge in [0.15, 0.2) is 0 Å². The third-order valence-corrected chi connectivity index (χ3v) is 4.26. The number of ether oxygens (including phenoxy) is 1. The van der Waals surface area contributed by atoms with Crippen LogP contribution in [0.4, 0.5) is 0 Å². The Bertz CT molecular complexity index is 407. The Morgan fingerprint density at radius 1 is 1.32 bits per heavy atom. The second-order valence-corrected chi connectivity index (χ2v) is 5.40. The summed E-state index contributed by atoms with van der Waals surface area (Å²) in [6.45, 7) is 6.94. The first kappa shape index (κ1) is 14.5. The molecule has 0 fully saturated rings. The minimum absolute atomic E-state index is 0.199. The molecular weight excluding hydrogens is 238 g/mol. The van der Waals surface area contributed by atoms with E-state index in [2.05, 4.69) is 36.9 Å². The lowest BCUT2D eigenvalue weighted by Crippen LogP contribution is -2.44. The van der Waals surface area contributed by atoms with Crippen molar-refractivity contribution in [1.29, 1.82) is 0 Å². The molecule has 0 spiro atoms. The monoisotopic (exact) mass is 263 g/mol. The van der Waals surface area contributed by atoms with Crippen LogP contribution in [0.1, 0.15) is 43.4 Å². The normalized spacial score (nSPS) is 26.5. The average molecular weight is 263 g/mol. The minimum atomic E-state index is -0.385. The molecule has 0 aliphatic heterocycles. The van der Waals surface area contributed by atoms with Gasteiger partial charge in [-0.1, -0.05) is 38.1 Å². The third-order valence-electron chi connectivity index (χ3n) is 4.26. The largest absolute Gasteiger partial charge is 0.387 e. The molecule has 1 aromatic carbocycles. The number of likely N-dealkylation sites (N-methyl/N-ethyl adjacent to an activating group) is 1. The van der Waals surface area contributed by atoms with Crippen molar-refractivity contribution in [1.82, 2.24) is 4.90 Å². The van der Waals surface area contributed by atoms with Crippen molar-refractivity contribution in [3.05, 3.63) is 35.4 Å². The van der Waals surface area contributed by atoms with E-state index in [4.69, 9.17) is 4.74 Å². The third kappa shape index (κ3) is 2.99. The molecule has 0 saturated heterocycles. The number of hydrogen-bond acceptors (Lipinski definition) is 3. The highest BCUT2D eigenvalue weighted by molar-refractivity contribution is 5.35. The Morgan fingerprint density at radius 3 is 2.63 bits per heavy atom. The molecule has 19 heavy (non-hydrogen) atoms. The summed E-state index contributed by atoms with van der Waals surface area (Å²) in [7, 11) is 1.73. The second-order valence-electron chi connectivity index (χ2n) is 5.40. The summed E-state index contributed by atoms with van der Waals surface area (Å²) in [5, 5.41) is 10.7. The van der Waals surface area contributed by atoms with Crippen molar-refractivity contribution in [2.45, 2.75) is 38.3 Å². The Kier molecular flexibility index (Phi) is 4.97. The molecule has 1 aliphatic rings. The van der Waals surface area contributed by atoms with Crippen LogP contribution in [-0.2, 0) is 4.74 Å². The molecule has 1 aromatic rings. The summed E-state index contributed by atoms with van der Waals surface area (Å²) in [6.07, 6.45) is 0.625. The van der Waals surface area contributed by atoms with E-state index in [0.717, 1.165) is 25.1 Å². The lowest BCUT2D eigenvalue weighted by atomic mass is 9.78. The summed E-state index contributed by atoms with van der Waals surface area (Å²) in [5.74, 6) is 0.501. The van der Waals surface area contributed by atoms with Crippen LogP contribution in [0.25, 0.3) is 0 Å². The van der Waals surface area contributed by atoms with E-state index in [0.29, 0.717) is 12.5 Å². The van der Waals surface area contributed by atoms with Gasteiger partial charge in [0.2, 0.25) is 0 Å². The predicted molar refractivity (Wildman–Crippen MR) is 77.3 cm³/mol. The van der Waals surface area contributed by atoms with Crippen LogP contribution >= 0.6 is 0 Å². The van der Waals surface area contributed by atoms with Crippen molar-refractivity contribution >= 4 is 0 Å². The van der Waals surface area contributed by atoms with Gasteiger partial charge in [0.1, 0.15) is 0 Å². The van der Waals surface area contributed by atoms with Gasteiger partial charge in [0, 0.05) is 19.7 Å². The summed E-state index contributed by atoms with van der Waals surface area (Å²) in [4.78, 5) is 2.33. The Hall–Kier alpha value is -0.900. The smallest absolute Gasteiger partial charge is 0.0948 e. The van der Waals surface area contributed by atoms with E-state index in [-0.39, 0.29) is 12.1 Å². The van der Waals surface area contributed by atoms with Crippen molar-refractivity contribution < 1.29 is 9.84 Å². The number of benzene rings is 1. The highest BCUT2D eigenvalue weighted by atomic mass is 16.5. The van der Waals surface area contributed by atoms with E-state index >= 15 is 0 Å². The molecule has 1 aliphatic carbocycles. The van der Waals surface area contributed by atoms with Gasteiger partial charge < -0.3 is 9.84 Å². The topological polar surface area (TPSA) is 32.7 Å². The van der Waals surface area contributed by atoms with E-state index in [9.17, 15) is 5.11 Å². The van der Waals surface area contributed by atoms with Gasteiger partial charge >= 0.3 is 0 Å². The number of methoxy groups -OCH3 is 1. The number of hydrogen-bond donors (Lipinski definition) is 1.